The van der Waals surface area contributed by atoms with Crippen LogP contribution in [0.4, 0.5) is 4.39 Å². The van der Waals surface area contributed by atoms with Gasteiger partial charge in [-0.25, -0.2) is 9.37 Å². The average molecular weight is 469 g/mol. The molecule has 5 rings (SSSR count). The molecular weight excluding hydrogens is 451 g/mol. The number of ether oxygens (including phenoxy) is 1. The number of nitrogens with zero attached hydrogens (tertiary/aromatic N) is 2. The van der Waals surface area contributed by atoms with E-state index in [1.165, 1.54) is 16.7 Å². The zero-order chi connectivity index (χ0) is 23.5. The van der Waals surface area contributed by atoms with Crippen LogP contribution in [0.25, 0.3) is 28.7 Å². The van der Waals surface area contributed by atoms with Crippen molar-refractivity contribution in [2.75, 3.05) is 0 Å². The smallest absolute Gasteiger partial charge is 0.266 e. The summed E-state index contributed by atoms with van der Waals surface area (Å²) in [6.07, 6.45) is 3.44. The number of fused-ring (bicyclic) bond motifs is 1. The van der Waals surface area contributed by atoms with Crippen molar-refractivity contribution < 1.29 is 9.13 Å². The van der Waals surface area contributed by atoms with Gasteiger partial charge in [-0.2, -0.15) is 0 Å². The fourth-order valence-corrected chi connectivity index (χ4v) is 3.72. The first-order valence-corrected chi connectivity index (χ1v) is 10.9. The quantitative estimate of drug-likeness (QED) is 0.275. The predicted molar refractivity (Wildman–Crippen MR) is 134 cm³/mol. The van der Waals surface area contributed by atoms with E-state index >= 15 is 0 Å². The Kier molecular flexibility index (Phi) is 5.93. The van der Waals surface area contributed by atoms with Crippen molar-refractivity contribution in [1.82, 2.24) is 9.55 Å². The minimum absolute atomic E-state index is 0.198. The maximum Gasteiger partial charge on any atom is 0.266 e. The van der Waals surface area contributed by atoms with Crippen LogP contribution in [0.2, 0.25) is 5.02 Å². The van der Waals surface area contributed by atoms with Crippen molar-refractivity contribution in [3.05, 3.63) is 130 Å². The fourth-order valence-electron chi connectivity index (χ4n) is 3.59. The molecule has 0 unspecified atom stereocenters. The summed E-state index contributed by atoms with van der Waals surface area (Å²) in [7, 11) is 0. The van der Waals surface area contributed by atoms with Crippen molar-refractivity contribution in [2.24, 2.45) is 0 Å². The van der Waals surface area contributed by atoms with Crippen LogP contribution in [-0.4, -0.2) is 9.55 Å². The highest BCUT2D eigenvalue weighted by Gasteiger charge is 2.11. The summed E-state index contributed by atoms with van der Waals surface area (Å²) in [5, 5.41) is 1.14. The Morgan fingerprint density at radius 3 is 2.26 bits per heavy atom. The molecule has 0 aliphatic heterocycles. The first-order chi connectivity index (χ1) is 16.6. The second-order valence-electron chi connectivity index (χ2n) is 7.57. The topological polar surface area (TPSA) is 44.1 Å². The normalized spacial score (nSPS) is 11.2. The molecule has 0 radical (unpaired) electrons. The molecule has 1 aromatic heterocycles. The molecule has 0 spiro atoms. The Bertz CT molecular complexity index is 1560. The van der Waals surface area contributed by atoms with E-state index in [-0.39, 0.29) is 11.4 Å². The largest absolute Gasteiger partial charge is 0.457 e. The molecule has 34 heavy (non-hydrogen) atoms. The molecule has 0 aliphatic rings. The summed E-state index contributed by atoms with van der Waals surface area (Å²) in [6.45, 7) is 0. The Morgan fingerprint density at radius 2 is 1.53 bits per heavy atom. The van der Waals surface area contributed by atoms with Gasteiger partial charge in [0.25, 0.3) is 5.56 Å². The summed E-state index contributed by atoms with van der Waals surface area (Å²) < 4.78 is 21.0. The van der Waals surface area contributed by atoms with Crippen molar-refractivity contribution in [3.63, 3.8) is 0 Å². The van der Waals surface area contributed by atoms with E-state index < -0.39 is 0 Å². The van der Waals surface area contributed by atoms with E-state index in [1.54, 1.807) is 91.0 Å². The van der Waals surface area contributed by atoms with Crippen molar-refractivity contribution in [3.8, 4) is 17.2 Å². The molecule has 0 aliphatic carbocycles. The molecule has 6 heteroatoms. The molecule has 0 amide bonds. The molecule has 1 heterocycles. The Hall–Kier alpha value is -4.22. The number of hydrogen-bond donors (Lipinski definition) is 0. The molecule has 0 N–H and O–H groups in total. The van der Waals surface area contributed by atoms with E-state index in [0.717, 1.165) is 0 Å². The number of rotatable bonds is 5. The molecule has 0 bridgehead atoms. The summed E-state index contributed by atoms with van der Waals surface area (Å²) >= 11 is 5.93. The number of benzene rings is 4. The molecule has 4 nitrogen and oxygen atoms in total. The molecule has 166 valence electrons. The SMILES string of the molecule is O=c1c2ccccc2nc(/C=C/c2cccc(F)c2)n1-c1ccc(Oc2ccc(Cl)cc2)cc1. The molecule has 0 saturated heterocycles. The molecule has 0 saturated carbocycles. The van der Waals surface area contributed by atoms with Crippen LogP contribution in [0, 0.1) is 5.82 Å². The van der Waals surface area contributed by atoms with Crippen molar-refractivity contribution >= 4 is 34.7 Å². The second-order valence-corrected chi connectivity index (χ2v) is 8.00. The fraction of sp³-hybridized carbons (Fsp3) is 0. The van der Waals surface area contributed by atoms with Gasteiger partial charge in [-0.15, -0.1) is 0 Å². The highest BCUT2D eigenvalue weighted by atomic mass is 35.5. The van der Waals surface area contributed by atoms with Gasteiger partial charge in [-0.3, -0.25) is 9.36 Å². The lowest BCUT2D eigenvalue weighted by molar-refractivity contribution is 0.482. The van der Waals surface area contributed by atoms with Crippen LogP contribution < -0.4 is 10.3 Å². The summed E-state index contributed by atoms with van der Waals surface area (Å²) in [6, 6.07) is 27.6. The number of para-hydroxylation sites is 1. The summed E-state index contributed by atoms with van der Waals surface area (Å²) in [5.74, 6) is 1.37. The third-order valence-electron chi connectivity index (χ3n) is 5.22. The zero-order valence-electron chi connectivity index (χ0n) is 17.9. The molecule has 0 fully saturated rings. The standard InChI is InChI=1S/C28H18ClFN2O2/c29-20-9-13-23(14-10-20)34-24-15-11-22(12-16-24)32-27(17-8-19-4-3-5-21(30)18-19)31-26-7-2-1-6-25(26)28(32)33/h1-18H/b17-8+. The Balaban J connectivity index is 1.56. The number of halogens is 2. The van der Waals surface area contributed by atoms with Gasteiger partial charge >= 0.3 is 0 Å². The maximum atomic E-state index is 13.6. The lowest BCUT2D eigenvalue weighted by Gasteiger charge is -2.12. The van der Waals surface area contributed by atoms with Crippen molar-refractivity contribution in [2.45, 2.75) is 0 Å². The van der Waals surface area contributed by atoms with Gasteiger partial charge in [0.1, 0.15) is 23.1 Å². The Morgan fingerprint density at radius 1 is 0.824 bits per heavy atom. The van der Waals surface area contributed by atoms with E-state index in [4.69, 9.17) is 16.3 Å². The van der Waals surface area contributed by atoms with E-state index in [9.17, 15) is 9.18 Å². The monoisotopic (exact) mass is 468 g/mol. The van der Waals surface area contributed by atoms with E-state index in [1.807, 2.05) is 6.07 Å². The first-order valence-electron chi connectivity index (χ1n) is 10.6. The van der Waals surface area contributed by atoms with Crippen LogP contribution in [0.3, 0.4) is 0 Å². The molecule has 5 aromatic rings. The van der Waals surface area contributed by atoms with Gasteiger partial charge in [-0.05, 0) is 84.4 Å². The average Bonchev–Trinajstić information content (AvgIpc) is 2.85. The van der Waals surface area contributed by atoms with Gasteiger partial charge in [0, 0.05) is 5.02 Å². The van der Waals surface area contributed by atoms with E-state index in [2.05, 4.69) is 4.98 Å². The van der Waals surface area contributed by atoms with Gasteiger partial charge < -0.3 is 4.74 Å². The highest BCUT2D eigenvalue weighted by Crippen LogP contribution is 2.24. The third kappa shape index (κ3) is 4.60. The minimum atomic E-state index is -0.331. The third-order valence-corrected chi connectivity index (χ3v) is 5.47. The van der Waals surface area contributed by atoms with Crippen LogP contribution >= 0.6 is 11.6 Å². The van der Waals surface area contributed by atoms with Crippen LogP contribution in [0.1, 0.15) is 11.4 Å². The first kappa shape index (κ1) is 21.6. The summed E-state index contributed by atoms with van der Waals surface area (Å²) in [4.78, 5) is 18.1. The lowest BCUT2D eigenvalue weighted by Crippen LogP contribution is -2.22. The van der Waals surface area contributed by atoms with Crippen LogP contribution in [0.15, 0.2) is 102 Å². The molecular formula is C28H18ClFN2O2. The van der Waals surface area contributed by atoms with E-state index in [0.29, 0.717) is 44.5 Å². The molecule has 0 atom stereocenters. The van der Waals surface area contributed by atoms with Gasteiger partial charge in [0.15, 0.2) is 0 Å². The van der Waals surface area contributed by atoms with Crippen LogP contribution in [-0.2, 0) is 0 Å². The van der Waals surface area contributed by atoms with Crippen molar-refractivity contribution in [1.29, 1.82) is 0 Å². The number of hydrogen-bond acceptors (Lipinski definition) is 3. The van der Waals surface area contributed by atoms with Crippen LogP contribution in [0.5, 0.6) is 11.5 Å². The summed E-state index contributed by atoms with van der Waals surface area (Å²) in [5.41, 5.74) is 1.69. The predicted octanol–water partition coefficient (Wildman–Crippen LogP) is 7.14. The number of aromatic nitrogens is 2. The highest BCUT2D eigenvalue weighted by molar-refractivity contribution is 6.30. The van der Waals surface area contributed by atoms with Gasteiger partial charge in [0.2, 0.25) is 0 Å². The van der Waals surface area contributed by atoms with Gasteiger partial charge in [0.05, 0.1) is 16.6 Å². The minimum Gasteiger partial charge on any atom is -0.457 e. The maximum absolute atomic E-state index is 13.6. The molecule has 4 aromatic carbocycles. The second kappa shape index (κ2) is 9.33. The Labute approximate surface area is 200 Å². The van der Waals surface area contributed by atoms with Gasteiger partial charge in [-0.1, -0.05) is 41.9 Å². The zero-order valence-corrected chi connectivity index (χ0v) is 18.6. The lowest BCUT2D eigenvalue weighted by atomic mass is 10.2.